The van der Waals surface area contributed by atoms with Gasteiger partial charge in [0.05, 0.1) is 0 Å². The number of rotatable bonds is 16. The number of benzene rings is 1. The first-order chi connectivity index (χ1) is 17.2. The van der Waals surface area contributed by atoms with Crippen molar-refractivity contribution in [2.75, 3.05) is 0 Å². The molecule has 0 nitrogen and oxygen atoms in total. The molecule has 2 aliphatic rings. The molecule has 0 unspecified atom stereocenters. The van der Waals surface area contributed by atoms with Crippen LogP contribution in [0.3, 0.4) is 0 Å². The van der Waals surface area contributed by atoms with Gasteiger partial charge in [0.25, 0.3) is 0 Å². The third-order valence-electron chi connectivity index (χ3n) is 9.92. The van der Waals surface area contributed by atoms with E-state index in [0.717, 1.165) is 23.7 Å². The Balaban J connectivity index is 1.27. The smallest absolute Gasteiger partial charge is 0.0274 e. The molecule has 0 radical (unpaired) electrons. The number of hydrogen-bond acceptors (Lipinski definition) is 0. The fourth-order valence-corrected chi connectivity index (χ4v) is 7.34. The van der Waals surface area contributed by atoms with Gasteiger partial charge in [0.15, 0.2) is 0 Å². The summed E-state index contributed by atoms with van der Waals surface area (Å²) < 4.78 is 0. The lowest BCUT2D eigenvalue weighted by Gasteiger charge is -2.29. The van der Waals surface area contributed by atoms with Gasteiger partial charge >= 0.3 is 0 Å². The third-order valence-corrected chi connectivity index (χ3v) is 9.92. The highest BCUT2D eigenvalue weighted by Gasteiger charge is 2.22. The molecule has 3 rings (SSSR count). The first-order valence-electron chi connectivity index (χ1n) is 16.3. The van der Waals surface area contributed by atoms with Gasteiger partial charge in [0.2, 0.25) is 0 Å². The van der Waals surface area contributed by atoms with E-state index in [1.165, 1.54) is 141 Å². The molecule has 35 heavy (non-hydrogen) atoms. The molecule has 2 aliphatic carbocycles. The van der Waals surface area contributed by atoms with E-state index in [0.29, 0.717) is 0 Å². The Morgan fingerprint density at radius 1 is 0.543 bits per heavy atom. The summed E-state index contributed by atoms with van der Waals surface area (Å²) in [5.74, 6) is 4.06. The van der Waals surface area contributed by atoms with E-state index in [4.69, 9.17) is 0 Å². The number of aryl methyl sites for hydroxylation is 3. The zero-order valence-corrected chi connectivity index (χ0v) is 24.1. The van der Waals surface area contributed by atoms with Gasteiger partial charge in [-0.25, -0.2) is 0 Å². The average molecular weight is 481 g/mol. The highest BCUT2D eigenvalue weighted by atomic mass is 14.3. The van der Waals surface area contributed by atoms with Gasteiger partial charge in [0.1, 0.15) is 0 Å². The van der Waals surface area contributed by atoms with Crippen molar-refractivity contribution in [3.05, 3.63) is 34.9 Å². The molecule has 0 saturated heterocycles. The lowest BCUT2D eigenvalue weighted by atomic mass is 9.77. The lowest BCUT2D eigenvalue weighted by Crippen LogP contribution is -2.15. The fourth-order valence-electron chi connectivity index (χ4n) is 7.34. The van der Waals surface area contributed by atoms with Crippen LogP contribution >= 0.6 is 0 Å². The second-order valence-corrected chi connectivity index (χ2v) is 12.8. The van der Waals surface area contributed by atoms with Crippen LogP contribution in [0, 0.1) is 30.6 Å². The van der Waals surface area contributed by atoms with Crippen molar-refractivity contribution >= 4 is 0 Å². The summed E-state index contributed by atoms with van der Waals surface area (Å²) in [6.45, 7) is 7.03. The van der Waals surface area contributed by atoms with Crippen LogP contribution in [0.2, 0.25) is 0 Å². The summed E-state index contributed by atoms with van der Waals surface area (Å²) in [5.41, 5.74) is 4.77. The molecule has 0 N–H and O–H groups in total. The van der Waals surface area contributed by atoms with E-state index in [2.05, 4.69) is 39.0 Å². The average Bonchev–Trinajstić information content (AvgIpc) is 2.88. The Morgan fingerprint density at radius 2 is 1.06 bits per heavy atom. The second-order valence-electron chi connectivity index (χ2n) is 12.8. The van der Waals surface area contributed by atoms with Gasteiger partial charge < -0.3 is 0 Å². The van der Waals surface area contributed by atoms with E-state index < -0.39 is 0 Å². The van der Waals surface area contributed by atoms with Crippen LogP contribution in [0.5, 0.6) is 0 Å². The Labute approximate surface area is 220 Å². The Bertz CT molecular complexity index is 657. The van der Waals surface area contributed by atoms with Crippen molar-refractivity contribution in [1.82, 2.24) is 0 Å². The summed E-state index contributed by atoms with van der Waals surface area (Å²) in [6, 6.07) is 7.47. The van der Waals surface area contributed by atoms with Gasteiger partial charge in [-0.3, -0.25) is 0 Å². The highest BCUT2D eigenvalue weighted by molar-refractivity contribution is 5.31. The van der Waals surface area contributed by atoms with Gasteiger partial charge in [-0.2, -0.15) is 0 Å². The van der Waals surface area contributed by atoms with Crippen LogP contribution in [0.25, 0.3) is 0 Å². The summed E-state index contributed by atoms with van der Waals surface area (Å²) >= 11 is 0. The molecule has 2 fully saturated rings. The molecule has 0 atom stereocenters. The normalized spacial score (nSPS) is 25.1. The molecule has 0 bridgehead atoms. The minimum absolute atomic E-state index is 0.988. The van der Waals surface area contributed by atoms with Gasteiger partial charge in [-0.05, 0) is 73.0 Å². The largest absolute Gasteiger partial charge is 0.0654 e. The summed E-state index contributed by atoms with van der Waals surface area (Å²) in [5, 5.41) is 0. The standard InChI is InChI=1S/C35H60/c1-4-6-7-8-9-10-11-13-31-16-20-33(21-17-31)24-26-35-27-25-34(28-29(35)3)23-22-32-18-14-30(12-5-2)15-19-32/h25,27-28,30-33H,4-24,26H2,1-3H3/t30-,31-,32-,33-. The fraction of sp³-hybridized carbons (Fsp3) is 0.829. The van der Waals surface area contributed by atoms with Crippen LogP contribution in [-0.4, -0.2) is 0 Å². The molecule has 0 spiro atoms. The lowest BCUT2D eigenvalue weighted by molar-refractivity contribution is 0.248. The van der Waals surface area contributed by atoms with Crippen molar-refractivity contribution in [3.63, 3.8) is 0 Å². The van der Waals surface area contributed by atoms with Gasteiger partial charge in [-0.1, -0.05) is 148 Å². The number of hydrogen-bond donors (Lipinski definition) is 0. The van der Waals surface area contributed by atoms with Crippen LogP contribution in [-0.2, 0) is 12.8 Å². The SMILES string of the molecule is CCCCCCCCC[C@H]1CC[C@H](CCc2ccc(CC[C@H]3CC[C@H](CCC)CC3)cc2C)CC1. The highest BCUT2D eigenvalue weighted by Crippen LogP contribution is 2.35. The maximum Gasteiger partial charge on any atom is -0.0274 e. The van der Waals surface area contributed by atoms with Gasteiger partial charge in [0, 0.05) is 0 Å². The van der Waals surface area contributed by atoms with Crippen LogP contribution in [0.1, 0.15) is 159 Å². The minimum atomic E-state index is 0.988. The summed E-state index contributed by atoms with van der Waals surface area (Å²) in [6.07, 6.45) is 32.0. The van der Waals surface area contributed by atoms with Crippen LogP contribution in [0.4, 0.5) is 0 Å². The Morgan fingerprint density at radius 3 is 1.63 bits per heavy atom. The second kappa shape index (κ2) is 16.9. The monoisotopic (exact) mass is 480 g/mol. The van der Waals surface area contributed by atoms with Crippen molar-refractivity contribution in [1.29, 1.82) is 0 Å². The van der Waals surface area contributed by atoms with E-state index >= 15 is 0 Å². The maximum absolute atomic E-state index is 2.53. The molecule has 2 saturated carbocycles. The van der Waals surface area contributed by atoms with Gasteiger partial charge in [-0.15, -0.1) is 0 Å². The van der Waals surface area contributed by atoms with Crippen molar-refractivity contribution in [3.8, 4) is 0 Å². The van der Waals surface area contributed by atoms with Crippen molar-refractivity contribution < 1.29 is 0 Å². The molecular formula is C35H60. The molecular weight excluding hydrogens is 420 g/mol. The van der Waals surface area contributed by atoms with E-state index in [-0.39, 0.29) is 0 Å². The summed E-state index contributed by atoms with van der Waals surface area (Å²) in [7, 11) is 0. The zero-order chi connectivity index (χ0) is 24.7. The molecule has 1 aromatic carbocycles. The van der Waals surface area contributed by atoms with Crippen LogP contribution < -0.4 is 0 Å². The van der Waals surface area contributed by atoms with Crippen molar-refractivity contribution in [2.45, 2.75) is 162 Å². The molecule has 1 aromatic rings. The van der Waals surface area contributed by atoms with E-state index in [1.807, 2.05) is 0 Å². The predicted octanol–water partition coefficient (Wildman–Crippen LogP) is 11.4. The molecule has 0 heteroatoms. The van der Waals surface area contributed by atoms with Crippen LogP contribution in [0.15, 0.2) is 18.2 Å². The first-order valence-corrected chi connectivity index (χ1v) is 16.3. The molecule has 0 amide bonds. The molecule has 200 valence electrons. The third kappa shape index (κ3) is 11.0. The van der Waals surface area contributed by atoms with E-state index in [1.54, 1.807) is 16.7 Å². The Hall–Kier alpha value is -0.780. The number of unbranched alkanes of at least 4 members (excludes halogenated alkanes) is 6. The molecule has 0 aromatic heterocycles. The molecule has 0 aliphatic heterocycles. The Kier molecular flexibility index (Phi) is 13.9. The predicted molar refractivity (Wildman–Crippen MR) is 156 cm³/mol. The first kappa shape index (κ1) is 28.8. The summed E-state index contributed by atoms with van der Waals surface area (Å²) in [4.78, 5) is 0. The topological polar surface area (TPSA) is 0 Å². The maximum atomic E-state index is 2.53. The van der Waals surface area contributed by atoms with Crippen molar-refractivity contribution in [2.24, 2.45) is 23.7 Å². The van der Waals surface area contributed by atoms with E-state index in [9.17, 15) is 0 Å². The quantitative estimate of drug-likeness (QED) is 0.206. The zero-order valence-electron chi connectivity index (χ0n) is 24.1. The molecule has 0 heterocycles. The minimum Gasteiger partial charge on any atom is -0.0654 e.